The number of hydrogen-bond donors (Lipinski definition) is 0. The molecule has 2 nitrogen and oxygen atoms in total. The maximum Gasteiger partial charge on any atom is 0.214 e. The van der Waals surface area contributed by atoms with E-state index in [9.17, 15) is 9.59 Å². The van der Waals surface area contributed by atoms with Crippen molar-refractivity contribution >= 4 is 80.8 Å². The Morgan fingerprint density at radius 1 is 0.875 bits per heavy atom. The van der Waals surface area contributed by atoms with E-state index in [0.29, 0.717) is 30.8 Å². The molecular weight excluding hydrogens is 417 g/mol. The summed E-state index contributed by atoms with van der Waals surface area (Å²) in [6.07, 6.45) is 0. The molecule has 0 bridgehead atoms. The number of hydrogen-bond acceptors (Lipinski definition) is 8. The van der Waals surface area contributed by atoms with Gasteiger partial charge in [0.05, 0.1) is 9.16 Å². The van der Waals surface area contributed by atoms with Crippen LogP contribution in [-0.4, -0.2) is 52.9 Å². The minimum absolute atomic E-state index is 0.118. The van der Waals surface area contributed by atoms with Crippen LogP contribution in [-0.2, 0) is 9.59 Å². The van der Waals surface area contributed by atoms with Gasteiger partial charge in [-0.3, -0.25) is 9.59 Å². The second kappa shape index (κ2) is 10.3. The second-order valence-electron chi connectivity index (χ2n) is 5.68. The summed E-state index contributed by atoms with van der Waals surface area (Å²) in [5.74, 6) is 4.01. The van der Waals surface area contributed by atoms with Gasteiger partial charge in [-0.2, -0.15) is 0 Å². The highest BCUT2D eigenvalue weighted by Gasteiger charge is 2.38. The number of rotatable bonds is 7. The fraction of sp³-hybridized carbons (Fsp3) is 0.625. The van der Waals surface area contributed by atoms with Gasteiger partial charge >= 0.3 is 0 Å². The molecule has 0 aromatic rings. The maximum atomic E-state index is 11.7. The predicted molar refractivity (Wildman–Crippen MR) is 120 cm³/mol. The molecule has 0 saturated carbocycles. The van der Waals surface area contributed by atoms with Crippen LogP contribution >= 0.6 is 70.6 Å². The molecule has 2 saturated heterocycles. The molecule has 0 amide bonds. The van der Waals surface area contributed by atoms with Crippen molar-refractivity contribution in [3.8, 4) is 0 Å². The van der Waals surface area contributed by atoms with Gasteiger partial charge in [-0.1, -0.05) is 36.7 Å². The highest BCUT2D eigenvalue weighted by molar-refractivity contribution is 8.27. The summed E-state index contributed by atoms with van der Waals surface area (Å²) in [5, 5.41) is 1.33. The van der Waals surface area contributed by atoms with Crippen LogP contribution in [0, 0.1) is 0 Å². The maximum absolute atomic E-state index is 11.7. The van der Waals surface area contributed by atoms with Crippen molar-refractivity contribution < 1.29 is 9.59 Å². The van der Waals surface area contributed by atoms with E-state index in [4.69, 9.17) is 0 Å². The van der Waals surface area contributed by atoms with Gasteiger partial charge in [0.15, 0.2) is 0 Å². The monoisotopic (exact) mass is 438 g/mol. The first-order valence-electron chi connectivity index (χ1n) is 7.56. The van der Waals surface area contributed by atoms with Crippen molar-refractivity contribution in [3.63, 3.8) is 0 Å². The average molecular weight is 439 g/mol. The Labute approximate surface area is 170 Å². The molecule has 4 atom stereocenters. The highest BCUT2D eigenvalue weighted by Crippen LogP contribution is 2.52. The van der Waals surface area contributed by atoms with E-state index in [2.05, 4.69) is 13.2 Å². The minimum Gasteiger partial charge on any atom is -0.282 e. The Kier molecular flexibility index (Phi) is 9.11. The van der Waals surface area contributed by atoms with Crippen molar-refractivity contribution in [2.45, 2.75) is 33.5 Å². The van der Waals surface area contributed by atoms with E-state index in [0.717, 1.165) is 23.0 Å². The fourth-order valence-electron chi connectivity index (χ4n) is 1.98. The van der Waals surface area contributed by atoms with Gasteiger partial charge in [-0.05, 0) is 25.0 Å². The summed E-state index contributed by atoms with van der Waals surface area (Å²) < 4.78 is 1.19. The zero-order valence-corrected chi connectivity index (χ0v) is 18.7. The minimum atomic E-state index is 0.118. The molecule has 24 heavy (non-hydrogen) atoms. The average Bonchev–Trinajstić information content (AvgIpc) is 3.18. The van der Waals surface area contributed by atoms with Gasteiger partial charge < -0.3 is 0 Å². The Balaban J connectivity index is 1.69. The highest BCUT2D eigenvalue weighted by atomic mass is 32.2. The Morgan fingerprint density at radius 3 is 1.58 bits per heavy atom. The van der Waals surface area contributed by atoms with Crippen LogP contribution in [0.15, 0.2) is 24.3 Å². The Bertz CT molecular complexity index is 475. The molecule has 2 fully saturated rings. The van der Waals surface area contributed by atoms with Gasteiger partial charge in [0.1, 0.15) is 0 Å². The molecule has 2 heterocycles. The molecule has 0 spiro atoms. The summed E-state index contributed by atoms with van der Waals surface area (Å²) >= 11 is 10.9. The molecule has 2 aliphatic rings. The number of carbonyl (C=O) groups excluding carboxylic acids is 2. The summed E-state index contributed by atoms with van der Waals surface area (Å²) in [6.45, 7) is 11.0. The number of thioether (sulfide) groups is 6. The van der Waals surface area contributed by atoms with Crippen molar-refractivity contribution in [2.75, 3.05) is 23.0 Å². The molecule has 0 aromatic carbocycles. The smallest absolute Gasteiger partial charge is 0.214 e. The van der Waals surface area contributed by atoms with E-state index < -0.39 is 0 Å². The lowest BCUT2D eigenvalue weighted by atomic mass is 10.4. The zero-order valence-electron chi connectivity index (χ0n) is 13.8. The first-order valence-corrected chi connectivity index (χ1v) is 13.5. The Morgan fingerprint density at radius 2 is 1.25 bits per heavy atom. The quantitative estimate of drug-likeness (QED) is 0.513. The standard InChI is InChI=1S/C16H22O2S6/c1-9(2)13(17)19-5-11-7-21-15(23-11)16-22-8-12(24-16)6-20-14(18)10(3)4/h11-12,15-16H,1,3,5-8H2,2,4H3. The number of carbonyl (C=O) groups is 2. The lowest BCUT2D eigenvalue weighted by molar-refractivity contribution is -0.108. The first kappa shape index (κ1) is 21.2. The van der Waals surface area contributed by atoms with E-state index in [-0.39, 0.29) is 10.2 Å². The van der Waals surface area contributed by atoms with Crippen LogP contribution in [0.1, 0.15) is 13.8 Å². The molecule has 0 radical (unpaired) electrons. The lowest BCUT2D eigenvalue weighted by Gasteiger charge is -2.16. The van der Waals surface area contributed by atoms with Gasteiger partial charge in [-0.15, -0.1) is 47.0 Å². The van der Waals surface area contributed by atoms with Gasteiger partial charge in [0.25, 0.3) is 0 Å². The lowest BCUT2D eigenvalue weighted by Crippen LogP contribution is -2.12. The summed E-state index contributed by atoms with van der Waals surface area (Å²) in [6, 6.07) is 0. The molecule has 0 N–H and O–H groups in total. The van der Waals surface area contributed by atoms with Crippen molar-refractivity contribution in [1.29, 1.82) is 0 Å². The normalized spacial score (nSPS) is 29.6. The molecule has 4 unspecified atom stereocenters. The third kappa shape index (κ3) is 6.58. The fourth-order valence-corrected chi connectivity index (χ4v) is 12.0. The van der Waals surface area contributed by atoms with Crippen LogP contribution in [0.2, 0.25) is 0 Å². The van der Waals surface area contributed by atoms with Crippen LogP contribution in [0.25, 0.3) is 0 Å². The molecular formula is C16H22O2S6. The third-order valence-electron chi connectivity index (χ3n) is 3.27. The topological polar surface area (TPSA) is 34.1 Å². The molecule has 0 aliphatic carbocycles. The zero-order chi connectivity index (χ0) is 17.7. The van der Waals surface area contributed by atoms with Crippen molar-refractivity contribution in [3.05, 3.63) is 24.3 Å². The molecule has 2 aliphatic heterocycles. The van der Waals surface area contributed by atoms with Crippen molar-refractivity contribution in [2.24, 2.45) is 0 Å². The Hall–Kier alpha value is 0.920. The van der Waals surface area contributed by atoms with E-state index in [1.807, 2.05) is 47.0 Å². The van der Waals surface area contributed by atoms with E-state index in [1.165, 1.54) is 23.5 Å². The van der Waals surface area contributed by atoms with Gasteiger partial charge in [-0.25, -0.2) is 0 Å². The van der Waals surface area contributed by atoms with E-state index in [1.54, 1.807) is 13.8 Å². The molecule has 8 heteroatoms. The third-order valence-corrected chi connectivity index (χ3v) is 13.5. The van der Waals surface area contributed by atoms with Crippen LogP contribution in [0.5, 0.6) is 0 Å². The summed E-state index contributed by atoms with van der Waals surface area (Å²) in [7, 11) is 0. The molecule has 2 rings (SSSR count). The summed E-state index contributed by atoms with van der Waals surface area (Å²) in [5.41, 5.74) is 1.28. The van der Waals surface area contributed by atoms with Crippen molar-refractivity contribution in [1.82, 2.24) is 0 Å². The largest absolute Gasteiger partial charge is 0.282 e. The second-order valence-corrected chi connectivity index (χ2v) is 13.5. The van der Waals surface area contributed by atoms with Gasteiger partial charge in [0.2, 0.25) is 10.2 Å². The van der Waals surface area contributed by atoms with Crippen LogP contribution < -0.4 is 0 Å². The SMILES string of the molecule is C=C(C)C(=O)SCC1CSC(C2SCC(CSC(=O)C(=C)C)S2)S1. The van der Waals surface area contributed by atoms with Gasteiger partial charge in [0, 0.05) is 33.5 Å². The molecule has 0 aromatic heterocycles. The molecule has 134 valence electrons. The van der Waals surface area contributed by atoms with E-state index >= 15 is 0 Å². The predicted octanol–water partition coefficient (Wildman–Crippen LogP) is 5.01. The van der Waals surface area contributed by atoms with Crippen LogP contribution in [0.4, 0.5) is 0 Å². The summed E-state index contributed by atoms with van der Waals surface area (Å²) in [4.78, 5) is 23.3. The first-order chi connectivity index (χ1) is 11.4. The van der Waals surface area contributed by atoms with Crippen LogP contribution in [0.3, 0.4) is 0 Å².